The van der Waals surface area contributed by atoms with E-state index in [1.165, 1.54) is 0 Å². The number of phenols is 1. The monoisotopic (exact) mass is 260 g/mol. The van der Waals surface area contributed by atoms with Crippen LogP contribution in [0.2, 0.25) is 0 Å². The van der Waals surface area contributed by atoms with Crippen LogP contribution in [0.5, 0.6) is 11.5 Å². The summed E-state index contributed by atoms with van der Waals surface area (Å²) in [6.45, 7) is 2.64. The summed E-state index contributed by atoms with van der Waals surface area (Å²) < 4.78 is 5.58. The molecule has 0 unspecified atom stereocenters. The molecule has 2 aromatic carbocycles. The first-order valence-corrected chi connectivity index (χ1v) is 6.91. The Hall–Kier alpha value is -1.61. The lowest BCUT2D eigenvalue weighted by atomic mass is 10.2. The number of ether oxygens (including phenoxy) is 1. The number of hydrogen-bond acceptors (Lipinski definition) is 3. The van der Waals surface area contributed by atoms with Crippen molar-refractivity contribution >= 4 is 11.8 Å². The fourth-order valence-corrected chi connectivity index (χ4v) is 2.59. The van der Waals surface area contributed by atoms with Crippen LogP contribution in [0.3, 0.4) is 0 Å². The summed E-state index contributed by atoms with van der Waals surface area (Å²) in [5.74, 6) is 2.03. The molecule has 0 saturated heterocycles. The molecule has 0 saturated carbocycles. The number of hydrogen-bond donors (Lipinski definition) is 1. The van der Waals surface area contributed by atoms with Crippen LogP contribution in [-0.4, -0.2) is 11.7 Å². The van der Waals surface area contributed by atoms with E-state index < -0.39 is 0 Å². The first-order chi connectivity index (χ1) is 8.81. The summed E-state index contributed by atoms with van der Waals surface area (Å²) in [5, 5.41) is 9.71. The lowest BCUT2D eigenvalue weighted by molar-refractivity contribution is 0.337. The van der Waals surface area contributed by atoms with E-state index in [0.29, 0.717) is 12.4 Å². The Morgan fingerprint density at radius 2 is 1.78 bits per heavy atom. The zero-order chi connectivity index (χ0) is 12.8. The van der Waals surface area contributed by atoms with Crippen LogP contribution in [0.25, 0.3) is 0 Å². The van der Waals surface area contributed by atoms with Gasteiger partial charge in [-0.3, -0.25) is 0 Å². The quantitative estimate of drug-likeness (QED) is 0.821. The van der Waals surface area contributed by atoms with Gasteiger partial charge in [0.2, 0.25) is 0 Å². The van der Waals surface area contributed by atoms with Crippen LogP contribution in [0, 0.1) is 0 Å². The van der Waals surface area contributed by atoms with Gasteiger partial charge < -0.3 is 9.84 Å². The molecule has 3 heteroatoms. The van der Waals surface area contributed by atoms with E-state index in [2.05, 4.69) is 6.07 Å². The number of phenolic OH excluding ortho intramolecular Hbond substituents is 1. The topological polar surface area (TPSA) is 29.5 Å². The number of thioether (sulfide) groups is 1. The number of aromatic hydroxyl groups is 1. The molecule has 0 spiro atoms. The Morgan fingerprint density at radius 3 is 2.56 bits per heavy atom. The standard InChI is InChI=1S/C15H16O2S/c1-2-17-14-9-5-3-7-12(14)11-18-15-10-6-4-8-13(15)16/h3-10,16H,2,11H2,1H3. The van der Waals surface area contributed by atoms with E-state index >= 15 is 0 Å². The summed E-state index contributed by atoms with van der Waals surface area (Å²) in [7, 11) is 0. The zero-order valence-corrected chi connectivity index (χ0v) is 11.1. The summed E-state index contributed by atoms with van der Waals surface area (Å²) in [6.07, 6.45) is 0. The third-order valence-electron chi connectivity index (χ3n) is 2.52. The molecule has 0 aliphatic heterocycles. The molecule has 2 aromatic rings. The first kappa shape index (κ1) is 12.8. The summed E-state index contributed by atoms with van der Waals surface area (Å²) in [5.41, 5.74) is 1.15. The average Bonchev–Trinajstić information content (AvgIpc) is 2.40. The van der Waals surface area contributed by atoms with Crippen LogP contribution in [0.4, 0.5) is 0 Å². The SMILES string of the molecule is CCOc1ccccc1CSc1ccccc1O. The number of benzene rings is 2. The van der Waals surface area contributed by atoms with Gasteiger partial charge in [-0.05, 0) is 25.1 Å². The highest BCUT2D eigenvalue weighted by atomic mass is 32.2. The molecule has 0 atom stereocenters. The molecule has 2 rings (SSSR count). The predicted octanol–water partition coefficient (Wildman–Crippen LogP) is 4.08. The van der Waals surface area contributed by atoms with Crippen LogP contribution in [0.15, 0.2) is 53.4 Å². The smallest absolute Gasteiger partial charge is 0.129 e. The van der Waals surface area contributed by atoms with E-state index in [9.17, 15) is 5.11 Å². The van der Waals surface area contributed by atoms with Crippen LogP contribution in [0.1, 0.15) is 12.5 Å². The largest absolute Gasteiger partial charge is 0.507 e. The van der Waals surface area contributed by atoms with E-state index in [-0.39, 0.29) is 0 Å². The Balaban J connectivity index is 2.08. The lowest BCUT2D eigenvalue weighted by Gasteiger charge is -2.10. The third-order valence-corrected chi connectivity index (χ3v) is 3.63. The van der Waals surface area contributed by atoms with Crippen molar-refractivity contribution in [1.29, 1.82) is 0 Å². The minimum absolute atomic E-state index is 0.330. The van der Waals surface area contributed by atoms with Gasteiger partial charge in [-0.1, -0.05) is 30.3 Å². The number of para-hydroxylation sites is 2. The maximum atomic E-state index is 9.71. The van der Waals surface area contributed by atoms with E-state index in [1.807, 2.05) is 43.3 Å². The summed E-state index contributed by atoms with van der Waals surface area (Å²) in [6, 6.07) is 15.4. The van der Waals surface area contributed by atoms with E-state index in [1.54, 1.807) is 17.8 Å². The van der Waals surface area contributed by atoms with Crippen molar-refractivity contribution in [3.63, 3.8) is 0 Å². The molecule has 0 aromatic heterocycles. The molecule has 0 amide bonds. The minimum Gasteiger partial charge on any atom is -0.507 e. The fraction of sp³-hybridized carbons (Fsp3) is 0.200. The highest BCUT2D eigenvalue weighted by Crippen LogP contribution is 2.32. The minimum atomic E-state index is 0.330. The second-order valence-electron chi connectivity index (χ2n) is 3.80. The van der Waals surface area contributed by atoms with Crippen molar-refractivity contribution in [3.05, 3.63) is 54.1 Å². The normalized spacial score (nSPS) is 10.3. The third kappa shape index (κ3) is 3.20. The molecule has 0 bridgehead atoms. The van der Waals surface area contributed by atoms with Crippen LogP contribution in [-0.2, 0) is 5.75 Å². The Labute approximate surface area is 112 Å². The molecule has 2 nitrogen and oxygen atoms in total. The molecule has 0 fully saturated rings. The highest BCUT2D eigenvalue weighted by Gasteiger charge is 2.05. The summed E-state index contributed by atoms with van der Waals surface area (Å²) >= 11 is 1.61. The van der Waals surface area contributed by atoms with Crippen molar-refractivity contribution in [3.8, 4) is 11.5 Å². The first-order valence-electron chi connectivity index (χ1n) is 5.92. The van der Waals surface area contributed by atoms with Gasteiger partial charge in [-0.2, -0.15) is 0 Å². The summed E-state index contributed by atoms with van der Waals surface area (Å²) in [4.78, 5) is 0.892. The number of rotatable bonds is 5. The Morgan fingerprint density at radius 1 is 1.06 bits per heavy atom. The molecular weight excluding hydrogens is 244 g/mol. The molecule has 0 radical (unpaired) electrons. The molecule has 0 heterocycles. The van der Waals surface area contributed by atoms with E-state index in [0.717, 1.165) is 22.0 Å². The second kappa shape index (κ2) is 6.36. The van der Waals surface area contributed by atoms with Gasteiger partial charge >= 0.3 is 0 Å². The maximum Gasteiger partial charge on any atom is 0.129 e. The highest BCUT2D eigenvalue weighted by molar-refractivity contribution is 7.98. The van der Waals surface area contributed by atoms with Crippen molar-refractivity contribution in [1.82, 2.24) is 0 Å². The van der Waals surface area contributed by atoms with Crippen LogP contribution >= 0.6 is 11.8 Å². The van der Waals surface area contributed by atoms with Gasteiger partial charge in [-0.25, -0.2) is 0 Å². The Bertz CT molecular complexity index is 511. The van der Waals surface area contributed by atoms with Gasteiger partial charge in [-0.15, -0.1) is 11.8 Å². The molecule has 0 aliphatic carbocycles. The van der Waals surface area contributed by atoms with Gasteiger partial charge in [0.15, 0.2) is 0 Å². The second-order valence-corrected chi connectivity index (χ2v) is 4.81. The van der Waals surface area contributed by atoms with Gasteiger partial charge in [0.1, 0.15) is 11.5 Å². The molecule has 94 valence electrons. The molecule has 18 heavy (non-hydrogen) atoms. The average molecular weight is 260 g/mol. The van der Waals surface area contributed by atoms with Crippen molar-refractivity contribution in [2.45, 2.75) is 17.6 Å². The molecule has 1 N–H and O–H groups in total. The van der Waals surface area contributed by atoms with Crippen LogP contribution < -0.4 is 4.74 Å². The molecular formula is C15H16O2S. The van der Waals surface area contributed by atoms with Crippen molar-refractivity contribution in [2.75, 3.05) is 6.61 Å². The molecule has 0 aliphatic rings. The van der Waals surface area contributed by atoms with E-state index in [4.69, 9.17) is 4.74 Å². The fourth-order valence-electron chi connectivity index (χ4n) is 1.65. The van der Waals surface area contributed by atoms with Gasteiger partial charge in [0, 0.05) is 16.2 Å². The predicted molar refractivity (Wildman–Crippen MR) is 75.3 cm³/mol. The zero-order valence-electron chi connectivity index (χ0n) is 10.3. The van der Waals surface area contributed by atoms with Crippen molar-refractivity contribution < 1.29 is 9.84 Å². The van der Waals surface area contributed by atoms with Gasteiger partial charge in [0.05, 0.1) is 6.61 Å². The maximum absolute atomic E-state index is 9.71. The lowest BCUT2D eigenvalue weighted by Crippen LogP contribution is -1.95. The van der Waals surface area contributed by atoms with Crippen molar-refractivity contribution in [2.24, 2.45) is 0 Å². The Kier molecular flexibility index (Phi) is 4.53. The van der Waals surface area contributed by atoms with Gasteiger partial charge in [0.25, 0.3) is 0 Å².